The Kier molecular flexibility index (Phi) is 6.68. The third kappa shape index (κ3) is 5.03. The van der Waals surface area contributed by atoms with E-state index >= 15 is 0 Å². The fourth-order valence-electron chi connectivity index (χ4n) is 4.74. The third-order valence-electron chi connectivity index (χ3n) is 6.67. The van der Waals surface area contributed by atoms with Gasteiger partial charge in [-0.2, -0.15) is 0 Å². The largest absolute Gasteiger partial charge is 0.353 e. The van der Waals surface area contributed by atoms with Crippen LogP contribution in [0, 0.1) is 17.0 Å². The molecule has 1 aromatic heterocycles. The van der Waals surface area contributed by atoms with Gasteiger partial charge in [0.1, 0.15) is 11.6 Å². The molecule has 0 aliphatic heterocycles. The number of pyridine rings is 1. The summed E-state index contributed by atoms with van der Waals surface area (Å²) >= 11 is 0. The number of carbonyl (C=O) groups is 1. The lowest BCUT2D eigenvalue weighted by molar-refractivity contribution is -0.116. The number of nitrogens with one attached hydrogen (secondary N) is 1. The first kappa shape index (κ1) is 22.8. The van der Waals surface area contributed by atoms with Crippen LogP contribution in [0.15, 0.2) is 85.2 Å². The van der Waals surface area contributed by atoms with Crippen LogP contribution >= 0.6 is 0 Å². The second kappa shape index (κ2) is 9.65. The average molecular weight is 447 g/mol. The van der Waals surface area contributed by atoms with Gasteiger partial charge in [-0.3, -0.25) is 9.78 Å². The summed E-state index contributed by atoms with van der Waals surface area (Å²) in [6.07, 6.45) is 10.7. The van der Waals surface area contributed by atoms with Crippen molar-refractivity contribution >= 4 is 5.91 Å². The number of rotatable bonds is 9. The molecular weight excluding hydrogens is 418 g/mol. The van der Waals surface area contributed by atoms with Gasteiger partial charge in [0.15, 0.2) is 0 Å². The Labute approximate surface area is 193 Å². The standard InChI is InChI=1S/C28H28F2N2O/c1-27(16-15-26(33)32-18-3-2-5-21-6-4-17-31-19-21)20-28(27,22-7-11-24(29)12-8-22)23-9-13-25(30)14-10-23/h4,6-17,19H,2-3,5,18,20H2,1H3,(H,32,33)/b16-15+/t27-/m1/s1. The highest BCUT2D eigenvalue weighted by molar-refractivity contribution is 5.87. The lowest BCUT2D eigenvalue weighted by Crippen LogP contribution is -2.23. The van der Waals surface area contributed by atoms with E-state index in [2.05, 4.69) is 23.3 Å². The number of hydrogen-bond donors (Lipinski definition) is 1. The molecule has 1 aliphatic rings. The number of amides is 1. The topological polar surface area (TPSA) is 42.0 Å². The van der Waals surface area contributed by atoms with Crippen molar-refractivity contribution in [2.45, 2.75) is 38.0 Å². The molecular formula is C28H28F2N2O. The molecule has 1 amide bonds. The van der Waals surface area contributed by atoms with E-state index in [0.717, 1.165) is 36.8 Å². The van der Waals surface area contributed by atoms with Crippen LogP contribution in [0.4, 0.5) is 8.78 Å². The summed E-state index contributed by atoms with van der Waals surface area (Å²) < 4.78 is 27.1. The monoisotopic (exact) mass is 446 g/mol. The van der Waals surface area contributed by atoms with E-state index in [-0.39, 0.29) is 23.0 Å². The Morgan fingerprint density at radius 3 is 2.21 bits per heavy atom. The third-order valence-corrected chi connectivity index (χ3v) is 6.67. The Balaban J connectivity index is 1.39. The number of hydrogen-bond acceptors (Lipinski definition) is 2. The zero-order valence-corrected chi connectivity index (χ0v) is 18.7. The zero-order valence-electron chi connectivity index (χ0n) is 18.7. The summed E-state index contributed by atoms with van der Waals surface area (Å²) in [5.74, 6) is -0.723. The van der Waals surface area contributed by atoms with Gasteiger partial charge in [-0.05, 0) is 78.8 Å². The van der Waals surface area contributed by atoms with Crippen molar-refractivity contribution in [1.29, 1.82) is 0 Å². The summed E-state index contributed by atoms with van der Waals surface area (Å²) in [4.78, 5) is 16.5. The van der Waals surface area contributed by atoms with Gasteiger partial charge >= 0.3 is 0 Å². The predicted molar refractivity (Wildman–Crippen MR) is 126 cm³/mol. The van der Waals surface area contributed by atoms with E-state index in [4.69, 9.17) is 0 Å². The molecule has 0 radical (unpaired) electrons. The smallest absolute Gasteiger partial charge is 0.243 e. The highest BCUT2D eigenvalue weighted by Crippen LogP contribution is 2.68. The molecule has 1 saturated carbocycles. The number of aryl methyl sites for hydroxylation is 1. The van der Waals surface area contributed by atoms with Crippen LogP contribution in [0.25, 0.3) is 0 Å². The van der Waals surface area contributed by atoms with Gasteiger partial charge in [0.25, 0.3) is 0 Å². The first-order chi connectivity index (χ1) is 15.9. The first-order valence-electron chi connectivity index (χ1n) is 11.3. The van der Waals surface area contributed by atoms with E-state index in [1.54, 1.807) is 36.5 Å². The van der Waals surface area contributed by atoms with Crippen molar-refractivity contribution in [3.63, 3.8) is 0 Å². The van der Waals surface area contributed by atoms with Crippen molar-refractivity contribution in [1.82, 2.24) is 10.3 Å². The van der Waals surface area contributed by atoms with Gasteiger partial charge in [-0.25, -0.2) is 8.78 Å². The van der Waals surface area contributed by atoms with Crippen LogP contribution in [0.3, 0.4) is 0 Å². The van der Waals surface area contributed by atoms with Crippen molar-refractivity contribution < 1.29 is 13.6 Å². The maximum Gasteiger partial charge on any atom is 0.243 e. The van der Waals surface area contributed by atoms with Gasteiger partial charge in [0.05, 0.1) is 0 Å². The lowest BCUT2D eigenvalue weighted by atomic mass is 9.80. The maximum atomic E-state index is 13.5. The Hall–Kier alpha value is -3.34. The fourth-order valence-corrected chi connectivity index (χ4v) is 4.74. The summed E-state index contributed by atoms with van der Waals surface area (Å²) in [5.41, 5.74) is 2.36. The number of aromatic nitrogens is 1. The van der Waals surface area contributed by atoms with Crippen molar-refractivity contribution in [2.75, 3.05) is 6.54 Å². The molecule has 3 aromatic rings. The Morgan fingerprint density at radius 1 is 1.00 bits per heavy atom. The van der Waals surface area contributed by atoms with E-state index in [1.807, 2.05) is 18.3 Å². The molecule has 1 aliphatic carbocycles. The average Bonchev–Trinajstić information content (AvgIpc) is 3.45. The Morgan fingerprint density at radius 2 is 1.64 bits per heavy atom. The van der Waals surface area contributed by atoms with Crippen molar-refractivity contribution in [3.05, 3.63) is 114 Å². The highest BCUT2D eigenvalue weighted by atomic mass is 19.1. The summed E-state index contributed by atoms with van der Waals surface area (Å²) in [6.45, 7) is 2.69. The molecule has 0 spiro atoms. The van der Waals surface area contributed by atoms with Crippen LogP contribution < -0.4 is 5.32 Å². The second-order valence-electron chi connectivity index (χ2n) is 8.96. The molecule has 3 nitrogen and oxygen atoms in total. The maximum absolute atomic E-state index is 13.5. The number of nitrogens with zero attached hydrogens (tertiary/aromatic N) is 1. The predicted octanol–water partition coefficient (Wildman–Crippen LogP) is 5.75. The number of halogens is 2. The van der Waals surface area contributed by atoms with E-state index in [0.29, 0.717) is 6.54 Å². The Bertz CT molecular complexity index is 1070. The molecule has 2 aromatic carbocycles. The van der Waals surface area contributed by atoms with Gasteiger partial charge in [0.2, 0.25) is 5.91 Å². The fraction of sp³-hybridized carbons (Fsp3) is 0.286. The van der Waals surface area contributed by atoms with Crippen molar-refractivity contribution in [3.8, 4) is 0 Å². The SMILES string of the molecule is C[C@@]1(/C=C/C(=O)NCCCCc2cccnc2)CC1(c1ccc(F)cc1)c1ccc(F)cc1. The lowest BCUT2D eigenvalue weighted by Gasteiger charge is -2.23. The minimum Gasteiger partial charge on any atom is -0.353 e. The quantitative estimate of drug-likeness (QED) is 0.336. The molecule has 5 heteroatoms. The van der Waals surface area contributed by atoms with Crippen LogP contribution in [0.1, 0.15) is 42.9 Å². The van der Waals surface area contributed by atoms with Gasteiger partial charge in [0, 0.05) is 29.8 Å². The molecule has 0 saturated heterocycles. The molecule has 1 fully saturated rings. The van der Waals surface area contributed by atoms with Gasteiger partial charge < -0.3 is 5.32 Å². The second-order valence-corrected chi connectivity index (χ2v) is 8.96. The first-order valence-corrected chi connectivity index (χ1v) is 11.3. The van der Waals surface area contributed by atoms with Crippen LogP contribution in [0.5, 0.6) is 0 Å². The number of unbranched alkanes of at least 4 members (excludes halogenated alkanes) is 1. The summed E-state index contributed by atoms with van der Waals surface area (Å²) in [7, 11) is 0. The molecule has 1 heterocycles. The van der Waals surface area contributed by atoms with E-state index in [1.165, 1.54) is 29.8 Å². The molecule has 33 heavy (non-hydrogen) atoms. The minimum absolute atomic E-state index is 0.128. The molecule has 0 bridgehead atoms. The molecule has 170 valence electrons. The molecule has 1 atom stereocenters. The van der Waals surface area contributed by atoms with Crippen LogP contribution in [-0.4, -0.2) is 17.4 Å². The molecule has 4 rings (SSSR count). The number of carbonyl (C=O) groups excluding carboxylic acids is 1. The normalized spacial score (nSPS) is 18.9. The van der Waals surface area contributed by atoms with E-state index in [9.17, 15) is 13.6 Å². The summed E-state index contributed by atoms with van der Waals surface area (Å²) in [6, 6.07) is 16.9. The van der Waals surface area contributed by atoms with E-state index < -0.39 is 5.41 Å². The van der Waals surface area contributed by atoms with Crippen LogP contribution in [-0.2, 0) is 16.6 Å². The number of allylic oxidation sites excluding steroid dienone is 1. The minimum atomic E-state index is -0.422. The highest BCUT2D eigenvalue weighted by Gasteiger charge is 2.64. The van der Waals surface area contributed by atoms with Gasteiger partial charge in [-0.15, -0.1) is 0 Å². The van der Waals surface area contributed by atoms with Gasteiger partial charge in [-0.1, -0.05) is 43.3 Å². The molecule has 0 unspecified atom stereocenters. The summed E-state index contributed by atoms with van der Waals surface area (Å²) in [5, 5.41) is 2.95. The van der Waals surface area contributed by atoms with Crippen LogP contribution in [0.2, 0.25) is 0 Å². The number of benzene rings is 2. The van der Waals surface area contributed by atoms with Crippen molar-refractivity contribution in [2.24, 2.45) is 5.41 Å². The molecule has 1 N–H and O–H groups in total. The zero-order chi connectivity index (χ0) is 23.3.